The van der Waals surface area contributed by atoms with Gasteiger partial charge >= 0.3 is 6.03 Å². The third-order valence-electron chi connectivity index (χ3n) is 4.62. The Kier molecular flexibility index (Phi) is 5.89. The lowest BCUT2D eigenvalue weighted by Crippen LogP contribution is -2.20. The van der Waals surface area contributed by atoms with Gasteiger partial charge in [0, 0.05) is 22.6 Å². The number of aromatic nitrogens is 4. The summed E-state index contributed by atoms with van der Waals surface area (Å²) in [6.45, 7) is 3.72. The minimum atomic E-state index is -0.403. The van der Waals surface area contributed by atoms with E-state index < -0.39 is 11.9 Å². The molecule has 0 radical (unpaired) electrons. The summed E-state index contributed by atoms with van der Waals surface area (Å²) >= 11 is 0. The van der Waals surface area contributed by atoms with Gasteiger partial charge in [-0.2, -0.15) is 4.98 Å². The number of nitrogens with zero attached hydrogens (tertiary/aromatic N) is 3. The van der Waals surface area contributed by atoms with E-state index in [0.717, 1.165) is 11.3 Å². The number of rotatable bonds is 5. The summed E-state index contributed by atoms with van der Waals surface area (Å²) in [7, 11) is 0. The first-order valence-corrected chi connectivity index (χ1v) is 9.89. The fraction of sp³-hybridized carbons (Fsp3) is 0.0870. The molecular weight excluding hydrogens is 406 g/mol. The van der Waals surface area contributed by atoms with Gasteiger partial charge in [0.05, 0.1) is 0 Å². The monoisotopic (exact) mass is 427 g/mol. The minimum Gasteiger partial charge on any atom is -0.308 e. The number of aromatic amines is 1. The summed E-state index contributed by atoms with van der Waals surface area (Å²) in [5.74, 6) is 0.178. The molecule has 0 atom stereocenters. The number of para-hydroxylation sites is 1. The van der Waals surface area contributed by atoms with E-state index in [1.807, 2.05) is 44.2 Å². The van der Waals surface area contributed by atoms with Crippen molar-refractivity contribution in [3.05, 3.63) is 83.6 Å². The zero-order valence-corrected chi connectivity index (χ0v) is 17.5. The lowest BCUT2D eigenvalue weighted by Gasteiger charge is -2.11. The Hall–Kier alpha value is -4.53. The molecule has 0 unspecified atom stereocenters. The predicted molar refractivity (Wildman–Crippen MR) is 123 cm³/mol. The van der Waals surface area contributed by atoms with Gasteiger partial charge in [0.25, 0.3) is 5.91 Å². The molecule has 0 aliphatic carbocycles. The zero-order chi connectivity index (χ0) is 22.5. The van der Waals surface area contributed by atoms with Crippen molar-refractivity contribution in [2.45, 2.75) is 13.8 Å². The van der Waals surface area contributed by atoms with Crippen molar-refractivity contribution < 1.29 is 9.59 Å². The third kappa shape index (κ3) is 4.96. The van der Waals surface area contributed by atoms with Crippen molar-refractivity contribution in [3.63, 3.8) is 0 Å². The number of urea groups is 1. The van der Waals surface area contributed by atoms with Crippen LogP contribution in [0.1, 0.15) is 21.6 Å². The molecule has 0 spiro atoms. The van der Waals surface area contributed by atoms with Gasteiger partial charge < -0.3 is 10.6 Å². The number of amides is 3. The normalized spacial score (nSPS) is 10.4. The van der Waals surface area contributed by atoms with Crippen molar-refractivity contribution in [2.75, 3.05) is 16.0 Å². The largest absolute Gasteiger partial charge is 0.323 e. The maximum absolute atomic E-state index is 12.7. The zero-order valence-electron chi connectivity index (χ0n) is 17.5. The fourth-order valence-electron chi connectivity index (χ4n) is 2.98. The molecule has 3 amide bonds. The molecular formula is C23H21N7O2. The summed E-state index contributed by atoms with van der Waals surface area (Å²) in [6, 6.07) is 19.3. The van der Waals surface area contributed by atoms with Gasteiger partial charge in [-0.25, -0.2) is 9.78 Å². The van der Waals surface area contributed by atoms with Crippen LogP contribution in [0.3, 0.4) is 0 Å². The SMILES string of the molecule is Cc1cccc(-c2nc(NC(=O)c3ccc(C)c(NC(=O)Nc4ccccc4)c3)n[nH]2)n1. The predicted octanol–water partition coefficient (Wildman–Crippen LogP) is 4.38. The number of H-pyrrole nitrogens is 1. The van der Waals surface area contributed by atoms with E-state index in [4.69, 9.17) is 0 Å². The average molecular weight is 427 g/mol. The maximum Gasteiger partial charge on any atom is 0.323 e. The van der Waals surface area contributed by atoms with E-state index in [1.54, 1.807) is 36.4 Å². The summed E-state index contributed by atoms with van der Waals surface area (Å²) in [4.78, 5) is 33.7. The van der Waals surface area contributed by atoms with Crippen LogP contribution in [0.2, 0.25) is 0 Å². The Morgan fingerprint density at radius 1 is 0.844 bits per heavy atom. The van der Waals surface area contributed by atoms with Gasteiger partial charge in [0.15, 0.2) is 5.82 Å². The standard InChI is InChI=1S/C23H21N7O2/c1-14-11-12-16(13-19(14)26-23(32)25-17-8-4-3-5-9-17)21(31)28-22-27-20(29-30-22)18-10-6-7-15(2)24-18/h3-13H,1-2H3,(H2,25,26,32)(H2,27,28,29,30,31). The summed E-state index contributed by atoms with van der Waals surface area (Å²) in [5, 5.41) is 15.0. The van der Waals surface area contributed by atoms with Crippen LogP contribution in [0.4, 0.5) is 22.1 Å². The number of carbonyl (C=O) groups excluding carboxylic acids is 2. The average Bonchev–Trinajstić information content (AvgIpc) is 3.24. The van der Waals surface area contributed by atoms with Crippen molar-refractivity contribution in [1.29, 1.82) is 0 Å². The molecule has 0 saturated carbocycles. The second kappa shape index (κ2) is 9.09. The second-order valence-corrected chi connectivity index (χ2v) is 7.10. The highest BCUT2D eigenvalue weighted by Crippen LogP contribution is 2.19. The molecule has 4 N–H and O–H groups in total. The Morgan fingerprint density at radius 3 is 2.44 bits per heavy atom. The Labute approximate surface area is 184 Å². The molecule has 4 rings (SSSR count). The smallest absolute Gasteiger partial charge is 0.308 e. The highest BCUT2D eigenvalue weighted by Gasteiger charge is 2.14. The molecule has 0 aliphatic rings. The Morgan fingerprint density at radius 2 is 1.66 bits per heavy atom. The van der Waals surface area contributed by atoms with Gasteiger partial charge in [-0.3, -0.25) is 15.2 Å². The number of benzene rings is 2. The van der Waals surface area contributed by atoms with Crippen molar-refractivity contribution in [3.8, 4) is 11.5 Å². The summed E-state index contributed by atoms with van der Waals surface area (Å²) < 4.78 is 0. The van der Waals surface area contributed by atoms with E-state index in [1.165, 1.54) is 0 Å². The molecule has 160 valence electrons. The van der Waals surface area contributed by atoms with Crippen molar-refractivity contribution in [1.82, 2.24) is 20.2 Å². The number of nitrogens with one attached hydrogen (secondary N) is 4. The van der Waals surface area contributed by atoms with Crippen LogP contribution in [-0.4, -0.2) is 32.1 Å². The van der Waals surface area contributed by atoms with Crippen LogP contribution < -0.4 is 16.0 Å². The highest BCUT2D eigenvalue weighted by molar-refractivity contribution is 6.05. The van der Waals surface area contributed by atoms with E-state index in [-0.39, 0.29) is 5.95 Å². The number of anilines is 3. The molecule has 2 heterocycles. The van der Waals surface area contributed by atoms with Crippen LogP contribution in [0, 0.1) is 13.8 Å². The number of aryl methyl sites for hydroxylation is 2. The number of hydrogen-bond acceptors (Lipinski definition) is 5. The van der Waals surface area contributed by atoms with E-state index in [0.29, 0.717) is 28.5 Å². The molecule has 2 aromatic carbocycles. The molecule has 4 aromatic rings. The van der Waals surface area contributed by atoms with Crippen molar-refractivity contribution >= 4 is 29.3 Å². The maximum atomic E-state index is 12.7. The quantitative estimate of drug-likeness (QED) is 0.376. The van der Waals surface area contributed by atoms with Gasteiger partial charge in [-0.15, -0.1) is 5.10 Å². The van der Waals surface area contributed by atoms with Gasteiger partial charge in [0.2, 0.25) is 5.95 Å². The molecule has 2 aromatic heterocycles. The second-order valence-electron chi connectivity index (χ2n) is 7.10. The van der Waals surface area contributed by atoms with Crippen LogP contribution in [0.15, 0.2) is 66.7 Å². The molecule has 9 nitrogen and oxygen atoms in total. The first-order chi connectivity index (χ1) is 15.5. The third-order valence-corrected chi connectivity index (χ3v) is 4.62. The van der Waals surface area contributed by atoms with Crippen LogP contribution in [0.5, 0.6) is 0 Å². The Bertz CT molecular complexity index is 1270. The molecule has 9 heteroatoms. The molecule has 32 heavy (non-hydrogen) atoms. The minimum absolute atomic E-state index is 0.130. The highest BCUT2D eigenvalue weighted by atomic mass is 16.2. The van der Waals surface area contributed by atoms with Crippen LogP contribution in [-0.2, 0) is 0 Å². The van der Waals surface area contributed by atoms with E-state index >= 15 is 0 Å². The number of carbonyl (C=O) groups is 2. The van der Waals surface area contributed by atoms with Crippen molar-refractivity contribution in [2.24, 2.45) is 0 Å². The Balaban J connectivity index is 1.45. The summed E-state index contributed by atoms with van der Waals surface area (Å²) in [6.07, 6.45) is 0. The molecule has 0 fully saturated rings. The van der Waals surface area contributed by atoms with Crippen LogP contribution in [0.25, 0.3) is 11.5 Å². The summed E-state index contributed by atoms with van der Waals surface area (Å²) in [5.41, 5.74) is 3.83. The van der Waals surface area contributed by atoms with Gasteiger partial charge in [0.1, 0.15) is 5.69 Å². The van der Waals surface area contributed by atoms with Gasteiger partial charge in [-0.1, -0.05) is 30.3 Å². The number of hydrogen-bond donors (Lipinski definition) is 4. The van der Waals surface area contributed by atoms with Gasteiger partial charge in [-0.05, 0) is 55.8 Å². The first-order valence-electron chi connectivity index (χ1n) is 9.89. The van der Waals surface area contributed by atoms with Crippen LogP contribution >= 0.6 is 0 Å². The van der Waals surface area contributed by atoms with E-state index in [2.05, 4.69) is 36.1 Å². The fourth-order valence-corrected chi connectivity index (χ4v) is 2.98. The topological polar surface area (TPSA) is 125 Å². The molecule has 0 saturated heterocycles. The lowest BCUT2D eigenvalue weighted by atomic mass is 10.1. The molecule has 0 bridgehead atoms. The van der Waals surface area contributed by atoms with E-state index in [9.17, 15) is 9.59 Å². The first kappa shape index (κ1) is 20.7. The molecule has 0 aliphatic heterocycles. The lowest BCUT2D eigenvalue weighted by molar-refractivity contribution is 0.102. The number of pyridine rings is 1.